The summed E-state index contributed by atoms with van der Waals surface area (Å²) in [7, 11) is 0.446. The fourth-order valence-electron chi connectivity index (χ4n) is 3.40. The molecule has 1 aliphatic rings. The van der Waals surface area contributed by atoms with Gasteiger partial charge in [0.15, 0.2) is 0 Å². The third-order valence-corrected chi connectivity index (χ3v) is 6.47. The van der Waals surface area contributed by atoms with Crippen LogP contribution in [0.15, 0.2) is 47.4 Å². The fraction of sp³-hybridized carbons (Fsp3) is 0.222. The molecule has 3 aromatic rings. The molecule has 1 aromatic heterocycles. The number of aromatic nitrogens is 1. The molecule has 0 saturated carbocycles. The molecule has 2 heterocycles. The van der Waals surface area contributed by atoms with Gasteiger partial charge in [0.1, 0.15) is 0 Å². The standard InChI is InChI=1S/C18H17ClN2O2S/c1-20(2)10-9-14-13-5-3-4-6-16(13)21-18(14)15-11-12(19)7-8-17(15)24(21,22)23/h3-8,11H,9-10H2,1-2H3. The van der Waals surface area contributed by atoms with Crippen LogP contribution in [-0.2, 0) is 16.4 Å². The monoisotopic (exact) mass is 360 g/mol. The Hall–Kier alpha value is -1.82. The normalized spacial score (nSPS) is 15.0. The highest BCUT2D eigenvalue weighted by atomic mass is 35.5. The van der Waals surface area contributed by atoms with Gasteiger partial charge in [0, 0.05) is 22.5 Å². The highest BCUT2D eigenvalue weighted by Gasteiger charge is 2.36. The molecule has 0 radical (unpaired) electrons. The van der Waals surface area contributed by atoms with Crippen LogP contribution in [0.25, 0.3) is 22.2 Å². The molecule has 0 atom stereocenters. The van der Waals surface area contributed by atoms with E-state index in [4.69, 9.17) is 11.6 Å². The van der Waals surface area contributed by atoms with Crippen molar-refractivity contribution in [1.29, 1.82) is 0 Å². The van der Waals surface area contributed by atoms with Crippen LogP contribution in [0.4, 0.5) is 0 Å². The van der Waals surface area contributed by atoms with Crippen molar-refractivity contribution in [1.82, 2.24) is 8.87 Å². The van der Waals surface area contributed by atoms with Crippen LogP contribution >= 0.6 is 11.6 Å². The summed E-state index contributed by atoms with van der Waals surface area (Å²) in [4.78, 5) is 2.43. The van der Waals surface area contributed by atoms with Crippen LogP contribution in [0.2, 0.25) is 5.02 Å². The summed E-state index contributed by atoms with van der Waals surface area (Å²) in [6.07, 6.45) is 0.775. The molecule has 1 aliphatic heterocycles. The van der Waals surface area contributed by atoms with E-state index in [1.807, 2.05) is 38.4 Å². The van der Waals surface area contributed by atoms with Crippen LogP contribution in [0.1, 0.15) is 5.56 Å². The summed E-state index contributed by atoms with van der Waals surface area (Å²) >= 11 is 6.15. The maximum Gasteiger partial charge on any atom is 0.269 e. The van der Waals surface area contributed by atoms with Gasteiger partial charge in [-0.2, -0.15) is 0 Å². The number of rotatable bonds is 3. The Morgan fingerprint density at radius 1 is 1.12 bits per heavy atom. The lowest BCUT2D eigenvalue weighted by molar-refractivity contribution is 0.414. The number of nitrogens with zero attached hydrogens (tertiary/aromatic N) is 2. The van der Waals surface area contributed by atoms with Crippen molar-refractivity contribution in [3.63, 3.8) is 0 Å². The van der Waals surface area contributed by atoms with Gasteiger partial charge in [0.25, 0.3) is 10.0 Å². The minimum atomic E-state index is -3.58. The molecule has 0 fully saturated rings. The number of benzene rings is 2. The second kappa shape index (κ2) is 5.34. The third kappa shape index (κ3) is 2.12. The van der Waals surface area contributed by atoms with Crippen molar-refractivity contribution < 1.29 is 8.42 Å². The van der Waals surface area contributed by atoms with Crippen LogP contribution in [0, 0.1) is 0 Å². The molecule has 24 heavy (non-hydrogen) atoms. The van der Waals surface area contributed by atoms with E-state index >= 15 is 0 Å². The second-order valence-electron chi connectivity index (χ2n) is 6.31. The summed E-state index contributed by atoms with van der Waals surface area (Å²) in [5.41, 5.74) is 3.25. The lowest BCUT2D eigenvalue weighted by Gasteiger charge is -2.10. The van der Waals surface area contributed by atoms with Crippen LogP contribution in [0.3, 0.4) is 0 Å². The van der Waals surface area contributed by atoms with Gasteiger partial charge in [0.2, 0.25) is 0 Å². The number of hydrogen-bond acceptors (Lipinski definition) is 3. The second-order valence-corrected chi connectivity index (χ2v) is 8.50. The predicted octanol–water partition coefficient (Wildman–Crippen LogP) is 3.62. The maximum absolute atomic E-state index is 13.1. The summed E-state index contributed by atoms with van der Waals surface area (Å²) in [6, 6.07) is 12.7. The quantitative estimate of drug-likeness (QED) is 0.560. The Kier molecular flexibility index (Phi) is 3.49. The summed E-state index contributed by atoms with van der Waals surface area (Å²) in [5, 5.41) is 1.53. The molecular formula is C18H17ClN2O2S. The number of likely N-dealkylation sites (N-methyl/N-ethyl adjacent to an activating group) is 1. The number of hydrogen-bond donors (Lipinski definition) is 0. The van der Waals surface area contributed by atoms with Crippen LogP contribution < -0.4 is 0 Å². The molecule has 0 unspecified atom stereocenters. The molecule has 0 amide bonds. The molecule has 2 aromatic carbocycles. The van der Waals surface area contributed by atoms with E-state index in [0.717, 1.165) is 35.1 Å². The van der Waals surface area contributed by atoms with Gasteiger partial charge in [-0.1, -0.05) is 29.8 Å². The van der Waals surface area contributed by atoms with E-state index in [1.165, 1.54) is 3.97 Å². The first kappa shape index (κ1) is 15.7. The maximum atomic E-state index is 13.1. The van der Waals surface area contributed by atoms with E-state index < -0.39 is 10.0 Å². The van der Waals surface area contributed by atoms with Gasteiger partial charge in [0.05, 0.1) is 16.1 Å². The van der Waals surface area contributed by atoms with E-state index in [2.05, 4.69) is 4.90 Å². The lowest BCUT2D eigenvalue weighted by atomic mass is 10.0. The molecule has 0 bridgehead atoms. The Balaban J connectivity index is 2.11. The van der Waals surface area contributed by atoms with E-state index in [-0.39, 0.29) is 0 Å². The number of halogens is 1. The first-order valence-electron chi connectivity index (χ1n) is 7.74. The third-order valence-electron chi connectivity index (χ3n) is 4.46. The van der Waals surface area contributed by atoms with Gasteiger partial charge in [-0.25, -0.2) is 12.4 Å². The summed E-state index contributed by atoms with van der Waals surface area (Å²) in [5.74, 6) is 0. The molecule has 0 saturated heterocycles. The van der Waals surface area contributed by atoms with Crippen molar-refractivity contribution in [3.8, 4) is 11.3 Å². The van der Waals surface area contributed by atoms with Gasteiger partial charge in [-0.05, 0) is 50.3 Å². The van der Waals surface area contributed by atoms with Crippen molar-refractivity contribution in [2.45, 2.75) is 11.3 Å². The van der Waals surface area contributed by atoms with Crippen LogP contribution in [0.5, 0.6) is 0 Å². The molecule has 0 N–H and O–H groups in total. The Morgan fingerprint density at radius 2 is 1.88 bits per heavy atom. The van der Waals surface area contributed by atoms with Gasteiger partial charge < -0.3 is 4.90 Å². The zero-order chi connectivity index (χ0) is 17.1. The number of fused-ring (bicyclic) bond motifs is 5. The summed E-state index contributed by atoms with van der Waals surface area (Å²) in [6.45, 7) is 0.844. The van der Waals surface area contributed by atoms with Crippen LogP contribution in [-0.4, -0.2) is 37.9 Å². The molecule has 0 spiro atoms. The number of para-hydroxylation sites is 1. The molecular weight excluding hydrogens is 344 g/mol. The molecule has 4 rings (SSSR count). The topological polar surface area (TPSA) is 42.3 Å². The highest BCUT2D eigenvalue weighted by Crippen LogP contribution is 2.45. The van der Waals surface area contributed by atoms with Crippen molar-refractivity contribution in [3.05, 3.63) is 53.1 Å². The zero-order valence-corrected chi connectivity index (χ0v) is 15.0. The zero-order valence-electron chi connectivity index (χ0n) is 13.5. The molecule has 124 valence electrons. The van der Waals surface area contributed by atoms with E-state index in [0.29, 0.717) is 15.5 Å². The van der Waals surface area contributed by atoms with Gasteiger partial charge in [-0.15, -0.1) is 0 Å². The Labute approximate surface area is 146 Å². The minimum Gasteiger partial charge on any atom is -0.309 e. The molecule has 4 nitrogen and oxygen atoms in total. The first-order chi connectivity index (χ1) is 11.4. The largest absolute Gasteiger partial charge is 0.309 e. The highest BCUT2D eigenvalue weighted by molar-refractivity contribution is 7.90. The molecule has 0 aliphatic carbocycles. The minimum absolute atomic E-state index is 0.332. The van der Waals surface area contributed by atoms with E-state index in [9.17, 15) is 8.42 Å². The first-order valence-corrected chi connectivity index (χ1v) is 9.55. The van der Waals surface area contributed by atoms with Crippen molar-refractivity contribution in [2.75, 3.05) is 20.6 Å². The van der Waals surface area contributed by atoms with Gasteiger partial charge >= 0.3 is 0 Å². The molecule has 6 heteroatoms. The lowest BCUT2D eigenvalue weighted by Crippen LogP contribution is -2.15. The van der Waals surface area contributed by atoms with Crippen molar-refractivity contribution in [2.24, 2.45) is 0 Å². The Morgan fingerprint density at radius 3 is 2.62 bits per heavy atom. The average molecular weight is 361 g/mol. The van der Waals surface area contributed by atoms with E-state index in [1.54, 1.807) is 18.2 Å². The smallest absolute Gasteiger partial charge is 0.269 e. The van der Waals surface area contributed by atoms with Gasteiger partial charge in [-0.3, -0.25) is 0 Å². The fourth-order valence-corrected chi connectivity index (χ4v) is 5.31. The predicted molar refractivity (Wildman–Crippen MR) is 97.2 cm³/mol. The Bertz CT molecular complexity index is 1070. The summed E-state index contributed by atoms with van der Waals surface area (Å²) < 4.78 is 27.6. The average Bonchev–Trinajstić information content (AvgIpc) is 2.97. The van der Waals surface area contributed by atoms with Crippen molar-refractivity contribution >= 4 is 32.5 Å². The SMILES string of the molecule is CN(C)CCc1c2n(c3ccccc13)S(=O)(=O)c1ccc(Cl)cc1-2.